The van der Waals surface area contributed by atoms with Gasteiger partial charge in [0.2, 0.25) is 0 Å². The largest absolute Gasteiger partial charge is 0.326 e. The van der Waals surface area contributed by atoms with Crippen LogP contribution >= 0.6 is 39.1 Å². The van der Waals surface area contributed by atoms with Crippen LogP contribution in [0.1, 0.15) is 19.4 Å². The van der Waals surface area contributed by atoms with Crippen LogP contribution in [0.4, 0.5) is 10.5 Å². The van der Waals surface area contributed by atoms with Crippen LogP contribution in [0.25, 0.3) is 11.0 Å². The van der Waals surface area contributed by atoms with Gasteiger partial charge in [-0.25, -0.2) is 9.59 Å². The fourth-order valence-corrected chi connectivity index (χ4v) is 4.67. The molecule has 1 aliphatic heterocycles. The van der Waals surface area contributed by atoms with Crippen molar-refractivity contribution < 1.29 is 4.79 Å². The van der Waals surface area contributed by atoms with Gasteiger partial charge in [0, 0.05) is 29.3 Å². The van der Waals surface area contributed by atoms with Gasteiger partial charge in [-0.1, -0.05) is 36.2 Å². The summed E-state index contributed by atoms with van der Waals surface area (Å²) < 4.78 is 2.68. The molecule has 2 amide bonds. The molecule has 2 unspecified atom stereocenters. The number of halogens is 3. The lowest BCUT2D eigenvalue weighted by atomic mass is 9.93. The topological polar surface area (TPSA) is 70.1 Å². The predicted molar refractivity (Wildman–Crippen MR) is 120 cm³/mol. The van der Waals surface area contributed by atoms with E-state index in [0.717, 1.165) is 15.5 Å². The number of rotatable bonds is 2. The Kier molecular flexibility index (Phi) is 5.64. The van der Waals surface area contributed by atoms with Gasteiger partial charge in [-0.15, -0.1) is 0 Å². The quantitative estimate of drug-likeness (QED) is 0.489. The Morgan fingerprint density at radius 3 is 2.76 bits per heavy atom. The molecule has 0 spiro atoms. The summed E-state index contributed by atoms with van der Waals surface area (Å²) in [5, 5.41) is 3.69. The molecule has 0 saturated carbocycles. The first kappa shape index (κ1) is 20.3. The van der Waals surface area contributed by atoms with Gasteiger partial charge in [-0.2, -0.15) is 0 Å². The van der Waals surface area contributed by atoms with Crippen LogP contribution in [0, 0.1) is 5.92 Å². The van der Waals surface area contributed by atoms with Gasteiger partial charge >= 0.3 is 11.7 Å². The highest BCUT2D eigenvalue weighted by atomic mass is 79.9. The molecule has 4 rings (SSSR count). The maximum atomic E-state index is 12.7. The highest BCUT2D eigenvalue weighted by molar-refractivity contribution is 9.10. The fraction of sp³-hybridized carbons (Fsp3) is 0.300. The molecule has 1 aromatic heterocycles. The number of fused-ring (bicyclic) bond motifs is 1. The first-order valence-corrected chi connectivity index (χ1v) is 10.8. The molecule has 2 heterocycles. The summed E-state index contributed by atoms with van der Waals surface area (Å²) >= 11 is 15.4. The van der Waals surface area contributed by atoms with E-state index in [2.05, 4.69) is 33.2 Å². The number of amides is 2. The van der Waals surface area contributed by atoms with Crippen molar-refractivity contribution in [2.45, 2.75) is 19.4 Å². The summed E-state index contributed by atoms with van der Waals surface area (Å²) in [6.07, 6.45) is 0.690. The van der Waals surface area contributed by atoms with Crippen molar-refractivity contribution in [3.05, 3.63) is 61.4 Å². The number of piperidine rings is 1. The van der Waals surface area contributed by atoms with Crippen LogP contribution in [-0.4, -0.2) is 33.6 Å². The van der Waals surface area contributed by atoms with E-state index in [-0.39, 0.29) is 23.7 Å². The number of hydrogen-bond donors (Lipinski definition) is 2. The second-order valence-corrected chi connectivity index (χ2v) is 8.94. The van der Waals surface area contributed by atoms with Crippen molar-refractivity contribution in [1.29, 1.82) is 0 Å². The summed E-state index contributed by atoms with van der Waals surface area (Å²) in [5.41, 5.74) is 2.13. The van der Waals surface area contributed by atoms with E-state index >= 15 is 0 Å². The maximum Gasteiger partial charge on any atom is 0.326 e. The Morgan fingerprint density at radius 2 is 2.03 bits per heavy atom. The number of para-hydroxylation sites is 1. The summed E-state index contributed by atoms with van der Waals surface area (Å²) in [6, 6.07) is 10.6. The average Bonchev–Trinajstić information content (AvgIpc) is 3.02. The van der Waals surface area contributed by atoms with Gasteiger partial charge in [0.05, 0.1) is 21.1 Å². The fourth-order valence-electron chi connectivity index (χ4n) is 3.92. The van der Waals surface area contributed by atoms with Gasteiger partial charge in [-0.05, 0) is 58.6 Å². The van der Waals surface area contributed by atoms with Crippen LogP contribution in [-0.2, 0) is 0 Å². The second kappa shape index (κ2) is 8.05. The Morgan fingerprint density at radius 1 is 1.24 bits per heavy atom. The summed E-state index contributed by atoms with van der Waals surface area (Å²) in [7, 11) is 0. The van der Waals surface area contributed by atoms with E-state index in [1.807, 2.05) is 22.8 Å². The average molecular weight is 498 g/mol. The number of carbonyl (C=O) groups excluding carboxylic acids is 1. The Bertz CT molecular complexity index is 1140. The zero-order valence-electron chi connectivity index (χ0n) is 15.6. The number of nitrogens with one attached hydrogen (secondary N) is 2. The number of likely N-dealkylation sites (tertiary alicyclic amines) is 1. The van der Waals surface area contributed by atoms with Gasteiger partial charge in [0.25, 0.3) is 0 Å². The molecule has 9 heteroatoms. The third kappa shape index (κ3) is 3.91. The van der Waals surface area contributed by atoms with Crippen molar-refractivity contribution in [3.63, 3.8) is 0 Å². The van der Waals surface area contributed by atoms with Crippen molar-refractivity contribution in [2.75, 3.05) is 18.4 Å². The number of aromatic nitrogens is 2. The van der Waals surface area contributed by atoms with Crippen molar-refractivity contribution in [2.24, 2.45) is 5.92 Å². The van der Waals surface area contributed by atoms with E-state index in [0.29, 0.717) is 35.2 Å². The molecule has 2 atom stereocenters. The molecule has 0 bridgehead atoms. The van der Waals surface area contributed by atoms with E-state index in [1.54, 1.807) is 23.1 Å². The molecular weight excluding hydrogens is 479 g/mol. The number of nitrogens with zero attached hydrogens (tertiary/aromatic N) is 2. The van der Waals surface area contributed by atoms with Crippen molar-refractivity contribution >= 4 is 61.9 Å². The minimum Gasteiger partial charge on any atom is -0.324 e. The van der Waals surface area contributed by atoms with E-state index in [1.165, 1.54) is 0 Å². The SMILES string of the molecule is CC1CN(C(=O)Nc2ccc(Cl)c(Cl)c2)CCC1n1c(=O)[nH]c2c(Br)cccc21. The molecule has 3 aromatic rings. The summed E-state index contributed by atoms with van der Waals surface area (Å²) in [6.45, 7) is 3.16. The zero-order valence-corrected chi connectivity index (χ0v) is 18.7. The second-order valence-electron chi connectivity index (χ2n) is 7.27. The molecule has 2 aromatic carbocycles. The molecule has 1 saturated heterocycles. The number of H-pyrrole nitrogens is 1. The zero-order chi connectivity index (χ0) is 20.7. The Labute approximate surface area is 185 Å². The number of imidazole rings is 1. The molecule has 29 heavy (non-hydrogen) atoms. The molecule has 6 nitrogen and oxygen atoms in total. The lowest BCUT2D eigenvalue weighted by Crippen LogP contribution is -2.46. The van der Waals surface area contributed by atoms with Gasteiger partial charge in [-0.3, -0.25) is 4.57 Å². The number of benzene rings is 2. The standard InChI is InChI=1S/C20H19BrCl2N4O2/c1-11-10-26(19(28)24-12-5-6-14(22)15(23)9-12)8-7-16(11)27-17-4-2-3-13(21)18(17)25-20(27)29/h2-6,9,11,16H,7-8,10H2,1H3,(H,24,28)(H,25,29). The highest BCUT2D eigenvalue weighted by Gasteiger charge is 2.32. The van der Waals surface area contributed by atoms with Crippen molar-refractivity contribution in [1.82, 2.24) is 14.5 Å². The summed E-state index contributed by atoms with van der Waals surface area (Å²) in [4.78, 5) is 30.0. The molecule has 1 aliphatic rings. The number of anilines is 1. The number of aromatic amines is 1. The first-order chi connectivity index (χ1) is 13.8. The lowest BCUT2D eigenvalue weighted by Gasteiger charge is -2.37. The third-order valence-corrected chi connectivity index (χ3v) is 6.75. The lowest BCUT2D eigenvalue weighted by molar-refractivity contribution is 0.150. The van der Waals surface area contributed by atoms with Gasteiger partial charge < -0.3 is 15.2 Å². The molecule has 152 valence electrons. The van der Waals surface area contributed by atoms with Crippen LogP contribution in [0.2, 0.25) is 10.0 Å². The van der Waals surface area contributed by atoms with Crippen LogP contribution in [0.15, 0.2) is 45.7 Å². The molecule has 2 N–H and O–H groups in total. The number of hydrogen-bond acceptors (Lipinski definition) is 2. The predicted octanol–water partition coefficient (Wildman–Crippen LogP) is 5.51. The summed E-state index contributed by atoms with van der Waals surface area (Å²) in [5.74, 6) is 0.110. The normalized spacial score (nSPS) is 19.5. The van der Waals surface area contributed by atoms with E-state index in [4.69, 9.17) is 23.2 Å². The van der Waals surface area contributed by atoms with Gasteiger partial charge in [0.1, 0.15) is 0 Å². The Balaban J connectivity index is 1.51. The molecule has 0 radical (unpaired) electrons. The molecule has 1 fully saturated rings. The maximum absolute atomic E-state index is 12.7. The third-order valence-electron chi connectivity index (χ3n) is 5.35. The van der Waals surface area contributed by atoms with Crippen LogP contribution in [0.5, 0.6) is 0 Å². The highest BCUT2D eigenvalue weighted by Crippen LogP contribution is 2.32. The van der Waals surface area contributed by atoms with Crippen LogP contribution < -0.4 is 11.0 Å². The number of urea groups is 1. The van der Waals surface area contributed by atoms with E-state index in [9.17, 15) is 9.59 Å². The van der Waals surface area contributed by atoms with Crippen LogP contribution in [0.3, 0.4) is 0 Å². The van der Waals surface area contributed by atoms with Gasteiger partial charge in [0.15, 0.2) is 0 Å². The van der Waals surface area contributed by atoms with Crippen molar-refractivity contribution in [3.8, 4) is 0 Å². The number of carbonyl (C=O) groups is 1. The minimum absolute atomic E-state index is 0.0135. The van der Waals surface area contributed by atoms with E-state index < -0.39 is 0 Å². The first-order valence-electron chi connectivity index (χ1n) is 9.25. The smallest absolute Gasteiger partial charge is 0.324 e. The molecule has 0 aliphatic carbocycles. The Hall–Kier alpha value is -1.96. The monoisotopic (exact) mass is 496 g/mol. The molecular formula is C20H19BrCl2N4O2. The minimum atomic E-state index is -0.192.